The van der Waals surface area contributed by atoms with E-state index in [9.17, 15) is 18.0 Å². The molecule has 2 aromatic rings. The van der Waals surface area contributed by atoms with Crippen LogP contribution < -0.4 is 19.1 Å². The standard InChI is InChI=1S/C27H37N3O6S/c1-6-23(27(32)28-16-19(2)3)29(17-21-9-7-20(4)8-10-21)26(31)18-30(37(5,33)34)22-11-12-24-25(15-22)36-14-13-35-24/h7-12,15,19,23H,6,13-14,16-18H2,1-5H3,(H,28,32). The first kappa shape index (κ1) is 28.3. The Morgan fingerprint density at radius 1 is 1.03 bits per heavy atom. The van der Waals surface area contributed by atoms with Crippen molar-refractivity contribution < 1.29 is 27.5 Å². The van der Waals surface area contributed by atoms with Crippen LogP contribution in [0, 0.1) is 12.8 Å². The monoisotopic (exact) mass is 531 g/mol. The third kappa shape index (κ3) is 7.61. The molecule has 9 nitrogen and oxygen atoms in total. The van der Waals surface area contributed by atoms with Crippen LogP contribution >= 0.6 is 0 Å². The van der Waals surface area contributed by atoms with Crippen molar-refractivity contribution in [1.82, 2.24) is 10.2 Å². The summed E-state index contributed by atoms with van der Waals surface area (Å²) >= 11 is 0. The normalized spacial score (nSPS) is 13.7. The van der Waals surface area contributed by atoms with Crippen molar-refractivity contribution in [1.29, 1.82) is 0 Å². The molecule has 1 heterocycles. The van der Waals surface area contributed by atoms with Crippen molar-refractivity contribution >= 4 is 27.5 Å². The molecule has 0 aromatic heterocycles. The van der Waals surface area contributed by atoms with E-state index in [4.69, 9.17) is 9.47 Å². The lowest BCUT2D eigenvalue weighted by Crippen LogP contribution is -2.52. The SMILES string of the molecule is CCC(C(=O)NCC(C)C)N(Cc1ccc(C)cc1)C(=O)CN(c1ccc2c(c1)OCCO2)S(C)(=O)=O. The lowest BCUT2D eigenvalue weighted by molar-refractivity contribution is -0.140. The highest BCUT2D eigenvalue weighted by atomic mass is 32.2. The topological polar surface area (TPSA) is 105 Å². The van der Waals surface area contributed by atoms with Crippen molar-refractivity contribution in [3.05, 3.63) is 53.6 Å². The Morgan fingerprint density at radius 3 is 2.27 bits per heavy atom. The second-order valence-corrected chi connectivity index (χ2v) is 11.6. The Balaban J connectivity index is 1.93. The molecule has 0 fully saturated rings. The highest BCUT2D eigenvalue weighted by Crippen LogP contribution is 2.34. The number of nitrogens with zero attached hydrogens (tertiary/aromatic N) is 2. The third-order valence-electron chi connectivity index (χ3n) is 6.04. The number of carbonyl (C=O) groups excluding carboxylic acids is 2. The van der Waals surface area contributed by atoms with E-state index in [0.717, 1.165) is 21.7 Å². The van der Waals surface area contributed by atoms with E-state index in [0.29, 0.717) is 37.7 Å². The molecule has 1 atom stereocenters. The Bertz CT molecular complexity index is 1200. The molecule has 1 aliphatic heterocycles. The van der Waals surface area contributed by atoms with Gasteiger partial charge in [0.2, 0.25) is 21.8 Å². The highest BCUT2D eigenvalue weighted by molar-refractivity contribution is 7.92. The van der Waals surface area contributed by atoms with E-state index in [-0.39, 0.29) is 24.1 Å². The van der Waals surface area contributed by atoms with Crippen LogP contribution in [0.3, 0.4) is 0 Å². The zero-order chi connectivity index (χ0) is 27.2. The molecule has 202 valence electrons. The summed E-state index contributed by atoms with van der Waals surface area (Å²) < 4.78 is 37.8. The fourth-order valence-electron chi connectivity index (χ4n) is 4.03. The zero-order valence-corrected chi connectivity index (χ0v) is 23.0. The largest absolute Gasteiger partial charge is 0.486 e. The summed E-state index contributed by atoms with van der Waals surface area (Å²) in [7, 11) is -3.84. The summed E-state index contributed by atoms with van der Waals surface area (Å²) in [4.78, 5) is 28.3. The fraction of sp³-hybridized carbons (Fsp3) is 0.481. The lowest BCUT2D eigenvalue weighted by atomic mass is 10.1. The van der Waals surface area contributed by atoms with Gasteiger partial charge in [-0.25, -0.2) is 8.42 Å². The first-order valence-corrected chi connectivity index (χ1v) is 14.3. The lowest BCUT2D eigenvalue weighted by Gasteiger charge is -2.33. The summed E-state index contributed by atoms with van der Waals surface area (Å²) in [6.07, 6.45) is 1.43. The van der Waals surface area contributed by atoms with Gasteiger partial charge in [-0.05, 0) is 37.0 Å². The first-order valence-electron chi connectivity index (χ1n) is 12.5. The average molecular weight is 532 g/mol. The Labute approximate surface area is 219 Å². The summed E-state index contributed by atoms with van der Waals surface area (Å²) in [6, 6.07) is 11.7. The molecule has 1 N–H and O–H groups in total. The van der Waals surface area contributed by atoms with Crippen LogP contribution in [0.15, 0.2) is 42.5 Å². The molecule has 0 saturated heterocycles. The van der Waals surface area contributed by atoms with Crippen molar-refractivity contribution in [3.8, 4) is 11.5 Å². The van der Waals surface area contributed by atoms with Gasteiger partial charge < -0.3 is 19.7 Å². The number of ether oxygens (including phenoxy) is 2. The van der Waals surface area contributed by atoms with Crippen LogP contribution in [0.1, 0.15) is 38.3 Å². The number of amides is 2. The fourth-order valence-corrected chi connectivity index (χ4v) is 4.87. The Kier molecular flexibility index (Phi) is 9.42. The maximum atomic E-state index is 13.8. The summed E-state index contributed by atoms with van der Waals surface area (Å²) in [6.45, 7) is 8.75. The maximum Gasteiger partial charge on any atom is 0.244 e. The molecule has 1 unspecified atom stereocenters. The average Bonchev–Trinajstić information content (AvgIpc) is 2.86. The minimum Gasteiger partial charge on any atom is -0.486 e. The van der Waals surface area contributed by atoms with E-state index in [1.807, 2.05) is 52.0 Å². The number of sulfonamides is 1. The number of nitrogens with one attached hydrogen (secondary N) is 1. The number of hydrogen-bond acceptors (Lipinski definition) is 6. The molecule has 0 aliphatic carbocycles. The predicted molar refractivity (Wildman–Crippen MR) is 143 cm³/mol. The molecule has 0 radical (unpaired) electrons. The van der Waals surface area contributed by atoms with Crippen LogP contribution in [-0.2, 0) is 26.2 Å². The molecule has 1 aliphatic rings. The summed E-state index contributed by atoms with van der Waals surface area (Å²) in [5.41, 5.74) is 2.21. The van der Waals surface area contributed by atoms with Gasteiger partial charge in [-0.1, -0.05) is 50.6 Å². The second-order valence-electron chi connectivity index (χ2n) is 9.67. The van der Waals surface area contributed by atoms with E-state index in [2.05, 4.69) is 5.32 Å². The number of hydrogen-bond donors (Lipinski definition) is 1. The Morgan fingerprint density at radius 2 is 1.68 bits per heavy atom. The van der Waals surface area contributed by atoms with Gasteiger partial charge in [-0.2, -0.15) is 0 Å². The minimum atomic E-state index is -3.84. The van der Waals surface area contributed by atoms with Crippen LogP contribution in [0.4, 0.5) is 5.69 Å². The molecule has 0 spiro atoms. The molecule has 10 heteroatoms. The van der Waals surface area contributed by atoms with Crippen LogP contribution in [0.2, 0.25) is 0 Å². The number of benzene rings is 2. The molecule has 2 amide bonds. The highest BCUT2D eigenvalue weighted by Gasteiger charge is 2.32. The molecule has 2 aromatic carbocycles. The van der Waals surface area contributed by atoms with Crippen LogP contribution in [-0.4, -0.2) is 63.7 Å². The van der Waals surface area contributed by atoms with Gasteiger partial charge >= 0.3 is 0 Å². The molecule has 0 bridgehead atoms. The van der Waals surface area contributed by atoms with Crippen LogP contribution in [0.25, 0.3) is 0 Å². The third-order valence-corrected chi connectivity index (χ3v) is 7.18. The van der Waals surface area contributed by atoms with E-state index >= 15 is 0 Å². The van der Waals surface area contributed by atoms with Crippen molar-refractivity contribution in [2.24, 2.45) is 5.92 Å². The number of carbonyl (C=O) groups is 2. The van der Waals surface area contributed by atoms with E-state index in [1.165, 1.54) is 4.90 Å². The van der Waals surface area contributed by atoms with Gasteiger partial charge in [0.05, 0.1) is 11.9 Å². The number of rotatable bonds is 11. The van der Waals surface area contributed by atoms with Gasteiger partial charge in [0.25, 0.3) is 0 Å². The smallest absolute Gasteiger partial charge is 0.244 e. The summed E-state index contributed by atoms with van der Waals surface area (Å²) in [5.74, 6) is 0.442. The van der Waals surface area contributed by atoms with E-state index in [1.54, 1.807) is 18.2 Å². The quantitative estimate of drug-likeness (QED) is 0.478. The van der Waals surface area contributed by atoms with Crippen molar-refractivity contribution in [2.45, 2.75) is 46.7 Å². The molecule has 37 heavy (non-hydrogen) atoms. The number of fused-ring (bicyclic) bond motifs is 1. The number of anilines is 1. The minimum absolute atomic E-state index is 0.172. The van der Waals surface area contributed by atoms with Crippen LogP contribution in [0.5, 0.6) is 11.5 Å². The maximum absolute atomic E-state index is 13.8. The van der Waals surface area contributed by atoms with Gasteiger partial charge in [0.15, 0.2) is 11.5 Å². The summed E-state index contributed by atoms with van der Waals surface area (Å²) in [5, 5.41) is 2.92. The van der Waals surface area contributed by atoms with Crippen molar-refractivity contribution in [3.63, 3.8) is 0 Å². The number of aryl methyl sites for hydroxylation is 1. The van der Waals surface area contributed by atoms with E-state index < -0.39 is 28.5 Å². The molecular weight excluding hydrogens is 494 g/mol. The van der Waals surface area contributed by atoms with Gasteiger partial charge in [0.1, 0.15) is 25.8 Å². The molecular formula is C27H37N3O6S. The second kappa shape index (κ2) is 12.3. The van der Waals surface area contributed by atoms with Gasteiger partial charge in [-0.15, -0.1) is 0 Å². The predicted octanol–water partition coefficient (Wildman–Crippen LogP) is 3.11. The molecule has 3 rings (SSSR count). The van der Waals surface area contributed by atoms with Crippen molar-refractivity contribution in [2.75, 3.05) is 36.9 Å². The first-order chi connectivity index (χ1) is 17.5. The Hall–Kier alpha value is -3.27. The molecule has 0 saturated carbocycles. The zero-order valence-electron chi connectivity index (χ0n) is 22.2. The van der Waals surface area contributed by atoms with Gasteiger partial charge in [0, 0.05) is 19.2 Å². The van der Waals surface area contributed by atoms with Gasteiger partial charge in [-0.3, -0.25) is 13.9 Å².